The minimum Gasteiger partial charge on any atom is -0.485 e. The predicted molar refractivity (Wildman–Crippen MR) is 93.0 cm³/mol. The van der Waals surface area contributed by atoms with Gasteiger partial charge in [-0.1, -0.05) is 18.2 Å². The fourth-order valence-corrected chi connectivity index (χ4v) is 2.54. The summed E-state index contributed by atoms with van der Waals surface area (Å²) in [6.07, 6.45) is 0. The molecule has 0 fully saturated rings. The topological polar surface area (TPSA) is 48.7 Å². The maximum absolute atomic E-state index is 12.3. The average molecular weight is 326 g/mol. The van der Waals surface area contributed by atoms with Crippen LogP contribution < -0.4 is 0 Å². The molecule has 126 valence electrons. The molecule has 3 rings (SSSR count). The number of furan rings is 1. The normalized spacial score (nSPS) is 15.7. The smallest absolute Gasteiger partial charge is 0.316 e. The van der Waals surface area contributed by atoms with Gasteiger partial charge in [-0.25, -0.2) is 0 Å². The van der Waals surface area contributed by atoms with Crippen molar-refractivity contribution >= 4 is 22.7 Å². The van der Waals surface area contributed by atoms with Crippen molar-refractivity contribution in [3.63, 3.8) is 0 Å². The molecular formula is C20H22O4. The summed E-state index contributed by atoms with van der Waals surface area (Å²) >= 11 is 0. The van der Waals surface area contributed by atoms with E-state index in [2.05, 4.69) is 0 Å². The summed E-state index contributed by atoms with van der Waals surface area (Å²) < 4.78 is 17.4. The van der Waals surface area contributed by atoms with Crippen LogP contribution in [0.15, 0.2) is 51.7 Å². The van der Waals surface area contributed by atoms with Crippen LogP contribution in [0, 0.1) is 5.41 Å². The highest BCUT2D eigenvalue weighted by molar-refractivity contribution is 5.83. The van der Waals surface area contributed by atoms with Crippen LogP contribution in [0.2, 0.25) is 0 Å². The fraction of sp³-hybridized carbons (Fsp3) is 0.350. The van der Waals surface area contributed by atoms with Gasteiger partial charge in [-0.2, -0.15) is 0 Å². The molecule has 0 N–H and O–H groups in total. The molecule has 24 heavy (non-hydrogen) atoms. The van der Waals surface area contributed by atoms with Crippen molar-refractivity contribution in [3.05, 3.63) is 53.0 Å². The maximum atomic E-state index is 12.3. The third-order valence-corrected chi connectivity index (χ3v) is 3.96. The highest BCUT2D eigenvalue weighted by Crippen LogP contribution is 2.35. The molecule has 1 aliphatic heterocycles. The Kier molecular flexibility index (Phi) is 3.99. The molecule has 1 aromatic carbocycles. The van der Waals surface area contributed by atoms with E-state index in [9.17, 15) is 4.79 Å². The van der Waals surface area contributed by atoms with Crippen LogP contribution in [0.25, 0.3) is 16.7 Å². The highest BCUT2D eigenvalue weighted by Gasteiger charge is 2.29. The Morgan fingerprint density at radius 1 is 1.17 bits per heavy atom. The van der Waals surface area contributed by atoms with Gasteiger partial charge in [0.2, 0.25) is 0 Å². The van der Waals surface area contributed by atoms with Crippen molar-refractivity contribution < 1.29 is 18.7 Å². The Balaban J connectivity index is 2.00. The van der Waals surface area contributed by atoms with Gasteiger partial charge in [-0.3, -0.25) is 4.79 Å². The Bertz CT molecular complexity index is 826. The molecule has 0 atom stereocenters. The van der Waals surface area contributed by atoms with Crippen molar-refractivity contribution in [2.45, 2.75) is 34.6 Å². The second kappa shape index (κ2) is 5.86. The number of benzene rings is 1. The molecule has 0 saturated carbocycles. The lowest BCUT2D eigenvalue weighted by molar-refractivity contribution is -0.148. The van der Waals surface area contributed by atoms with E-state index in [4.69, 9.17) is 13.9 Å². The van der Waals surface area contributed by atoms with Crippen LogP contribution in [0.4, 0.5) is 0 Å². The minimum atomic E-state index is -0.564. The largest absolute Gasteiger partial charge is 0.485 e. The van der Waals surface area contributed by atoms with Gasteiger partial charge in [-0.15, -0.1) is 0 Å². The monoisotopic (exact) mass is 326 g/mol. The molecule has 1 aromatic heterocycles. The molecule has 0 amide bonds. The molecule has 2 aromatic rings. The third-order valence-electron chi connectivity index (χ3n) is 3.96. The van der Waals surface area contributed by atoms with Crippen LogP contribution in [0.5, 0.6) is 0 Å². The number of ether oxygens (including phenoxy) is 2. The van der Waals surface area contributed by atoms with E-state index in [1.165, 1.54) is 0 Å². The number of carbonyl (C=O) groups is 1. The number of carbonyl (C=O) groups excluding carboxylic acids is 1. The summed E-state index contributed by atoms with van der Waals surface area (Å²) in [5, 5.41) is 1.01. The standard InChI is InChI=1S/C20H22O4/c1-12-11-22-18(13(2)17(12)24-19(21)20(3,4)5)16-10-14-8-6-7-9-15(14)23-16/h6-10H,11H2,1-5H3. The van der Waals surface area contributed by atoms with E-state index in [-0.39, 0.29) is 5.97 Å². The average Bonchev–Trinajstić information content (AvgIpc) is 2.93. The van der Waals surface area contributed by atoms with Crippen LogP contribution in [0.1, 0.15) is 40.4 Å². The number of para-hydroxylation sites is 1. The number of fused-ring (bicyclic) bond motifs is 1. The third kappa shape index (κ3) is 2.96. The lowest BCUT2D eigenvalue weighted by Gasteiger charge is -2.24. The molecule has 4 heteroatoms. The van der Waals surface area contributed by atoms with Gasteiger partial charge in [0.25, 0.3) is 0 Å². The summed E-state index contributed by atoms with van der Waals surface area (Å²) in [5.74, 6) is 1.58. The van der Waals surface area contributed by atoms with Gasteiger partial charge >= 0.3 is 5.97 Å². The van der Waals surface area contributed by atoms with Gasteiger partial charge in [0.1, 0.15) is 17.9 Å². The van der Waals surface area contributed by atoms with Crippen molar-refractivity contribution in [1.82, 2.24) is 0 Å². The quantitative estimate of drug-likeness (QED) is 0.724. The summed E-state index contributed by atoms with van der Waals surface area (Å²) in [7, 11) is 0. The molecule has 0 bridgehead atoms. The zero-order valence-electron chi connectivity index (χ0n) is 14.7. The zero-order chi connectivity index (χ0) is 17.5. The van der Waals surface area contributed by atoms with Crippen molar-refractivity contribution in [2.75, 3.05) is 6.61 Å². The van der Waals surface area contributed by atoms with E-state index >= 15 is 0 Å². The fourth-order valence-electron chi connectivity index (χ4n) is 2.54. The number of hydrogen-bond donors (Lipinski definition) is 0. The number of hydrogen-bond acceptors (Lipinski definition) is 4. The highest BCUT2D eigenvalue weighted by atomic mass is 16.5. The first-order valence-corrected chi connectivity index (χ1v) is 8.02. The SMILES string of the molecule is CC1=C(OC(=O)C(C)(C)C)C(C)=C(c2cc3ccccc3o2)OC1. The first-order valence-electron chi connectivity index (χ1n) is 8.02. The van der Waals surface area contributed by atoms with Gasteiger partial charge < -0.3 is 13.9 Å². The van der Waals surface area contributed by atoms with Gasteiger partial charge in [0.05, 0.1) is 5.41 Å². The second-order valence-corrected chi connectivity index (χ2v) is 7.14. The molecule has 0 unspecified atom stereocenters. The van der Waals surface area contributed by atoms with E-state index in [0.717, 1.165) is 22.1 Å². The molecule has 1 aliphatic rings. The second-order valence-electron chi connectivity index (χ2n) is 7.14. The van der Waals surface area contributed by atoms with Crippen LogP contribution in [0.3, 0.4) is 0 Å². The predicted octanol–water partition coefficient (Wildman–Crippen LogP) is 5.06. The summed E-state index contributed by atoms with van der Waals surface area (Å²) in [5.41, 5.74) is 1.90. The number of allylic oxidation sites excluding steroid dienone is 1. The Morgan fingerprint density at radius 3 is 2.54 bits per heavy atom. The number of rotatable bonds is 2. The molecular weight excluding hydrogens is 304 g/mol. The van der Waals surface area contributed by atoms with Crippen molar-refractivity contribution in [3.8, 4) is 0 Å². The molecule has 4 nitrogen and oxygen atoms in total. The summed E-state index contributed by atoms with van der Waals surface area (Å²) in [4.78, 5) is 12.3. The number of esters is 1. The Morgan fingerprint density at radius 2 is 1.88 bits per heavy atom. The summed E-state index contributed by atoms with van der Waals surface area (Å²) in [6.45, 7) is 9.68. The molecule has 0 spiro atoms. The first kappa shape index (κ1) is 16.4. The molecule has 2 heterocycles. The maximum Gasteiger partial charge on any atom is 0.316 e. The summed E-state index contributed by atoms with van der Waals surface area (Å²) in [6, 6.07) is 9.74. The molecule has 0 radical (unpaired) electrons. The van der Waals surface area contributed by atoms with E-state index in [0.29, 0.717) is 23.9 Å². The van der Waals surface area contributed by atoms with E-state index < -0.39 is 5.41 Å². The van der Waals surface area contributed by atoms with Gasteiger partial charge in [0, 0.05) is 16.5 Å². The zero-order valence-corrected chi connectivity index (χ0v) is 14.7. The van der Waals surface area contributed by atoms with Gasteiger partial charge in [0.15, 0.2) is 11.5 Å². The van der Waals surface area contributed by atoms with Gasteiger partial charge in [-0.05, 0) is 46.8 Å². The lowest BCUT2D eigenvalue weighted by atomic mass is 9.97. The van der Waals surface area contributed by atoms with Crippen molar-refractivity contribution in [2.24, 2.45) is 5.41 Å². The Hall–Kier alpha value is -2.49. The minimum absolute atomic E-state index is 0.262. The van der Waals surface area contributed by atoms with E-state index in [1.807, 2.05) is 65.0 Å². The first-order chi connectivity index (χ1) is 11.3. The Labute approximate surface area is 141 Å². The van der Waals surface area contributed by atoms with Crippen molar-refractivity contribution in [1.29, 1.82) is 0 Å². The molecule has 0 saturated heterocycles. The lowest BCUT2D eigenvalue weighted by Crippen LogP contribution is -2.24. The van der Waals surface area contributed by atoms with E-state index in [1.54, 1.807) is 0 Å². The van der Waals surface area contributed by atoms with Crippen LogP contribution in [-0.2, 0) is 14.3 Å². The van der Waals surface area contributed by atoms with Crippen LogP contribution >= 0.6 is 0 Å². The molecule has 0 aliphatic carbocycles. The van der Waals surface area contributed by atoms with Crippen LogP contribution in [-0.4, -0.2) is 12.6 Å².